The summed E-state index contributed by atoms with van der Waals surface area (Å²) in [6, 6.07) is 7.97. The molecule has 0 bridgehead atoms. The molecule has 0 saturated heterocycles. The molecule has 6 aromatic rings. The summed E-state index contributed by atoms with van der Waals surface area (Å²) in [6.07, 6.45) is 7.57. The monoisotopic (exact) mass is 440 g/mol. The Morgan fingerprint density at radius 1 is 0.848 bits per heavy atom. The minimum absolute atomic E-state index is 0.0924. The molecule has 5 heterocycles. The van der Waals surface area contributed by atoms with Crippen LogP contribution < -0.4 is 5.73 Å². The third kappa shape index (κ3) is 2.99. The molecule has 8 nitrogen and oxygen atoms in total. The molecule has 160 valence electrons. The predicted molar refractivity (Wildman–Crippen MR) is 120 cm³/mol. The molecule has 33 heavy (non-hydrogen) atoms. The largest absolute Gasteiger partial charge is 0.397 e. The highest BCUT2D eigenvalue weighted by atomic mass is 19.1. The number of benzene rings is 1. The van der Waals surface area contributed by atoms with Crippen LogP contribution in [0.5, 0.6) is 0 Å². The van der Waals surface area contributed by atoms with E-state index in [0.29, 0.717) is 44.8 Å². The van der Waals surface area contributed by atoms with Crippen LogP contribution in [0.1, 0.15) is 0 Å². The lowest BCUT2D eigenvalue weighted by atomic mass is 10.1. The summed E-state index contributed by atoms with van der Waals surface area (Å²) in [4.78, 5) is 20.2. The Labute approximate surface area is 184 Å². The summed E-state index contributed by atoms with van der Waals surface area (Å²) in [7, 11) is 0. The van der Waals surface area contributed by atoms with E-state index >= 15 is 4.39 Å². The number of aromatic nitrogens is 7. The van der Waals surface area contributed by atoms with Crippen molar-refractivity contribution in [3.8, 4) is 33.9 Å². The first-order chi connectivity index (χ1) is 16.1. The Bertz CT molecular complexity index is 1670. The number of imidazole rings is 1. The Balaban J connectivity index is 1.56. The number of hydrogen-bond donors (Lipinski definition) is 3. The van der Waals surface area contributed by atoms with Crippen LogP contribution in [0.2, 0.25) is 0 Å². The van der Waals surface area contributed by atoms with Crippen molar-refractivity contribution in [2.45, 2.75) is 0 Å². The number of pyridine rings is 3. The van der Waals surface area contributed by atoms with Gasteiger partial charge in [-0.3, -0.25) is 20.1 Å². The molecule has 6 rings (SSSR count). The van der Waals surface area contributed by atoms with E-state index in [9.17, 15) is 4.39 Å². The second-order valence-corrected chi connectivity index (χ2v) is 7.44. The lowest BCUT2D eigenvalue weighted by Gasteiger charge is -2.04. The van der Waals surface area contributed by atoms with Gasteiger partial charge in [-0.15, -0.1) is 0 Å². The summed E-state index contributed by atoms with van der Waals surface area (Å²) in [5.74, 6) is -0.667. The molecular formula is C23H14F2N8. The van der Waals surface area contributed by atoms with Crippen LogP contribution in [0.15, 0.2) is 61.3 Å². The van der Waals surface area contributed by atoms with Gasteiger partial charge in [0.25, 0.3) is 0 Å². The number of fused-ring (bicyclic) bond motifs is 2. The zero-order valence-electron chi connectivity index (χ0n) is 16.8. The average Bonchev–Trinajstić information content (AvgIpc) is 3.44. The van der Waals surface area contributed by atoms with Crippen LogP contribution in [0.25, 0.3) is 55.8 Å². The molecule has 1 aromatic carbocycles. The fourth-order valence-corrected chi connectivity index (χ4v) is 3.86. The van der Waals surface area contributed by atoms with Crippen molar-refractivity contribution in [1.29, 1.82) is 0 Å². The Kier molecular flexibility index (Phi) is 4.12. The van der Waals surface area contributed by atoms with E-state index in [-0.39, 0.29) is 22.6 Å². The lowest BCUT2D eigenvalue weighted by molar-refractivity contribution is 0.631. The fraction of sp³-hybridized carbons (Fsp3) is 0. The van der Waals surface area contributed by atoms with Crippen molar-refractivity contribution in [1.82, 2.24) is 35.1 Å². The van der Waals surface area contributed by atoms with Gasteiger partial charge in [-0.2, -0.15) is 5.10 Å². The van der Waals surface area contributed by atoms with Crippen LogP contribution in [-0.4, -0.2) is 35.1 Å². The van der Waals surface area contributed by atoms with Crippen molar-refractivity contribution in [3.05, 3.63) is 73.0 Å². The van der Waals surface area contributed by atoms with Crippen LogP contribution in [0.4, 0.5) is 14.5 Å². The molecule has 5 aromatic heterocycles. The molecule has 0 aliphatic heterocycles. The zero-order chi connectivity index (χ0) is 22.5. The van der Waals surface area contributed by atoms with Gasteiger partial charge in [-0.05, 0) is 12.1 Å². The number of hydrogen-bond acceptors (Lipinski definition) is 6. The standard InChI is InChI=1S/C23H14F2N8/c24-15-4-2-1-3-13(15)14-8-28-9-17-21(14)31-23(30-17)22-18-16(32-33-22)10-29-20(19(18)25)11-5-12(26)7-27-6-11/h1-10H,26H2,(H,30,31)(H,32,33). The van der Waals surface area contributed by atoms with Gasteiger partial charge in [-0.1, -0.05) is 18.2 Å². The van der Waals surface area contributed by atoms with Gasteiger partial charge >= 0.3 is 0 Å². The van der Waals surface area contributed by atoms with Crippen molar-refractivity contribution in [2.75, 3.05) is 5.73 Å². The molecule has 0 aliphatic rings. The first kappa shape index (κ1) is 19.0. The Hall–Kier alpha value is -4.73. The third-order valence-corrected chi connectivity index (χ3v) is 5.36. The summed E-state index contributed by atoms with van der Waals surface area (Å²) < 4.78 is 30.0. The van der Waals surface area contributed by atoms with E-state index in [1.54, 1.807) is 36.7 Å². The maximum absolute atomic E-state index is 15.6. The van der Waals surface area contributed by atoms with Gasteiger partial charge in [0, 0.05) is 35.3 Å². The van der Waals surface area contributed by atoms with Crippen LogP contribution in [0.3, 0.4) is 0 Å². The lowest BCUT2D eigenvalue weighted by Crippen LogP contribution is -1.94. The maximum atomic E-state index is 15.6. The van der Waals surface area contributed by atoms with E-state index in [2.05, 4.69) is 35.1 Å². The van der Waals surface area contributed by atoms with Crippen molar-refractivity contribution in [3.63, 3.8) is 0 Å². The van der Waals surface area contributed by atoms with Crippen molar-refractivity contribution in [2.24, 2.45) is 0 Å². The number of nitrogens with zero attached hydrogens (tertiary/aromatic N) is 5. The smallest absolute Gasteiger partial charge is 0.161 e. The zero-order valence-corrected chi connectivity index (χ0v) is 16.8. The highest BCUT2D eigenvalue weighted by Crippen LogP contribution is 2.34. The number of nitrogen functional groups attached to an aromatic ring is 1. The van der Waals surface area contributed by atoms with Crippen molar-refractivity contribution >= 4 is 27.6 Å². The summed E-state index contributed by atoms with van der Waals surface area (Å²) >= 11 is 0. The SMILES string of the molecule is Nc1cncc(-c2ncc3[nH]nc(-c4nc5c(-c6ccccc6F)cncc5[nH]4)c3c2F)c1. The number of anilines is 1. The number of rotatable bonds is 3. The molecule has 0 saturated carbocycles. The molecule has 0 aliphatic carbocycles. The van der Waals surface area contributed by atoms with Gasteiger partial charge in [0.2, 0.25) is 0 Å². The van der Waals surface area contributed by atoms with E-state index < -0.39 is 5.82 Å². The fourth-order valence-electron chi connectivity index (χ4n) is 3.86. The topological polar surface area (TPSA) is 122 Å². The maximum Gasteiger partial charge on any atom is 0.161 e. The molecule has 0 amide bonds. The highest BCUT2D eigenvalue weighted by Gasteiger charge is 2.21. The van der Waals surface area contributed by atoms with E-state index in [0.717, 1.165) is 0 Å². The van der Waals surface area contributed by atoms with Gasteiger partial charge in [0.15, 0.2) is 11.6 Å². The second-order valence-electron chi connectivity index (χ2n) is 7.44. The molecule has 0 radical (unpaired) electrons. The van der Waals surface area contributed by atoms with Gasteiger partial charge < -0.3 is 10.7 Å². The van der Waals surface area contributed by atoms with Gasteiger partial charge in [-0.25, -0.2) is 13.8 Å². The van der Waals surface area contributed by atoms with E-state index in [1.165, 1.54) is 24.7 Å². The van der Waals surface area contributed by atoms with Crippen LogP contribution in [0, 0.1) is 11.6 Å². The minimum Gasteiger partial charge on any atom is -0.397 e. The van der Waals surface area contributed by atoms with Crippen molar-refractivity contribution < 1.29 is 8.78 Å². The van der Waals surface area contributed by atoms with E-state index in [1.807, 2.05) is 0 Å². The molecule has 10 heteroatoms. The number of aromatic amines is 2. The number of H-pyrrole nitrogens is 2. The average molecular weight is 440 g/mol. The third-order valence-electron chi connectivity index (χ3n) is 5.36. The highest BCUT2D eigenvalue weighted by molar-refractivity contribution is 5.97. The molecule has 0 unspecified atom stereocenters. The second kappa shape index (κ2) is 7.16. The molecule has 0 fully saturated rings. The summed E-state index contributed by atoms with van der Waals surface area (Å²) in [5, 5.41) is 7.26. The van der Waals surface area contributed by atoms with E-state index in [4.69, 9.17) is 5.73 Å². The van der Waals surface area contributed by atoms with Crippen LogP contribution in [-0.2, 0) is 0 Å². The Morgan fingerprint density at radius 2 is 1.70 bits per heavy atom. The molecule has 4 N–H and O–H groups in total. The first-order valence-electron chi connectivity index (χ1n) is 9.92. The molecule has 0 atom stereocenters. The van der Waals surface area contributed by atoms with Gasteiger partial charge in [0.1, 0.15) is 22.7 Å². The summed E-state index contributed by atoms with van der Waals surface area (Å²) in [5.41, 5.74) is 9.33. The number of nitrogens with one attached hydrogen (secondary N) is 2. The van der Waals surface area contributed by atoms with Gasteiger partial charge in [0.05, 0.1) is 34.5 Å². The normalized spacial score (nSPS) is 11.5. The first-order valence-corrected chi connectivity index (χ1v) is 9.92. The van der Waals surface area contributed by atoms with Crippen LogP contribution >= 0.6 is 0 Å². The minimum atomic E-state index is -0.587. The Morgan fingerprint density at radius 3 is 2.55 bits per heavy atom. The number of halogens is 2. The molecule has 0 spiro atoms. The predicted octanol–water partition coefficient (Wildman–Crippen LogP) is 4.49. The summed E-state index contributed by atoms with van der Waals surface area (Å²) in [6.45, 7) is 0. The quantitative estimate of drug-likeness (QED) is 0.373. The number of nitrogens with two attached hydrogens (primary N) is 1. The molecular weight excluding hydrogens is 426 g/mol.